The van der Waals surface area contributed by atoms with Crippen molar-refractivity contribution in [3.8, 4) is 0 Å². The van der Waals surface area contributed by atoms with Crippen LogP contribution >= 0.6 is 0 Å². The van der Waals surface area contributed by atoms with Gasteiger partial charge in [-0.05, 0) is 30.5 Å². The Bertz CT molecular complexity index is 954. The molecule has 142 valence electrons. The van der Waals surface area contributed by atoms with Crippen molar-refractivity contribution in [1.29, 1.82) is 0 Å². The molecule has 6 heteroatoms. The molecule has 3 aromatic rings. The van der Waals surface area contributed by atoms with E-state index in [2.05, 4.69) is 15.3 Å². The van der Waals surface area contributed by atoms with Crippen LogP contribution in [0, 0.1) is 13.8 Å². The third-order valence-electron chi connectivity index (χ3n) is 4.58. The summed E-state index contributed by atoms with van der Waals surface area (Å²) in [5.74, 6) is -0.665. The quantitative estimate of drug-likeness (QED) is 0.741. The Labute approximate surface area is 164 Å². The van der Waals surface area contributed by atoms with E-state index in [1.807, 2.05) is 62.4 Å². The van der Waals surface area contributed by atoms with Crippen molar-refractivity contribution in [3.63, 3.8) is 0 Å². The van der Waals surface area contributed by atoms with Gasteiger partial charge < -0.3 is 10.2 Å². The number of nitrogens with zero attached hydrogens (tertiary/aromatic N) is 3. The summed E-state index contributed by atoms with van der Waals surface area (Å²) in [6.45, 7) is 3.88. The number of amides is 2. The molecule has 0 aliphatic rings. The maximum atomic E-state index is 13.3. The first kappa shape index (κ1) is 19.2. The van der Waals surface area contributed by atoms with Gasteiger partial charge in [0, 0.05) is 25.1 Å². The van der Waals surface area contributed by atoms with Crippen LogP contribution in [-0.2, 0) is 4.79 Å². The molecule has 2 aromatic carbocycles. The zero-order chi connectivity index (χ0) is 20.1. The molecular weight excluding hydrogens is 352 g/mol. The first-order valence-corrected chi connectivity index (χ1v) is 8.94. The molecule has 1 atom stereocenters. The molecular formula is C22H22N4O2. The standard InChI is InChI=1S/C22H22N4O2/c1-15-8-7-9-16(2)19(15)25-21(27)20(17-10-5-4-6-11-17)26(3)22(28)18-14-23-12-13-24-18/h4-14,20H,1-3H3,(H,25,27)/t20-/m1/s1. The van der Waals surface area contributed by atoms with Crippen LogP contribution in [0.3, 0.4) is 0 Å². The predicted molar refractivity (Wildman–Crippen MR) is 108 cm³/mol. The summed E-state index contributed by atoms with van der Waals surface area (Å²) in [5.41, 5.74) is 3.58. The second kappa shape index (κ2) is 8.43. The Hall–Kier alpha value is -3.54. The molecule has 2 amide bonds. The number of likely N-dealkylation sites (N-methyl/N-ethyl adjacent to an activating group) is 1. The Morgan fingerprint density at radius 1 is 0.964 bits per heavy atom. The van der Waals surface area contributed by atoms with Gasteiger partial charge in [-0.2, -0.15) is 0 Å². The fraction of sp³-hybridized carbons (Fsp3) is 0.182. The minimum absolute atomic E-state index is 0.186. The number of anilines is 1. The van der Waals surface area contributed by atoms with E-state index in [1.54, 1.807) is 7.05 Å². The molecule has 0 bridgehead atoms. The second-order valence-corrected chi connectivity index (χ2v) is 6.58. The summed E-state index contributed by atoms with van der Waals surface area (Å²) in [4.78, 5) is 35.5. The van der Waals surface area contributed by atoms with Crippen molar-refractivity contribution in [1.82, 2.24) is 14.9 Å². The zero-order valence-electron chi connectivity index (χ0n) is 16.1. The molecule has 28 heavy (non-hydrogen) atoms. The molecule has 0 spiro atoms. The van der Waals surface area contributed by atoms with Crippen molar-refractivity contribution < 1.29 is 9.59 Å². The van der Waals surface area contributed by atoms with E-state index in [4.69, 9.17) is 0 Å². The van der Waals surface area contributed by atoms with Gasteiger partial charge in [-0.25, -0.2) is 4.98 Å². The Morgan fingerprint density at radius 3 is 2.25 bits per heavy atom. The number of aromatic nitrogens is 2. The van der Waals surface area contributed by atoms with Crippen molar-refractivity contribution in [2.24, 2.45) is 0 Å². The van der Waals surface area contributed by atoms with Gasteiger partial charge >= 0.3 is 0 Å². The molecule has 1 heterocycles. The van der Waals surface area contributed by atoms with Crippen molar-refractivity contribution in [2.45, 2.75) is 19.9 Å². The number of rotatable bonds is 5. The van der Waals surface area contributed by atoms with Crippen LogP contribution in [0.25, 0.3) is 0 Å². The Morgan fingerprint density at radius 2 is 1.64 bits per heavy atom. The Kier molecular flexibility index (Phi) is 5.79. The Balaban J connectivity index is 1.95. The van der Waals surface area contributed by atoms with Gasteiger partial charge in [-0.1, -0.05) is 48.5 Å². The van der Waals surface area contributed by atoms with Crippen LogP contribution in [-0.4, -0.2) is 33.7 Å². The van der Waals surface area contributed by atoms with Crippen molar-refractivity contribution in [2.75, 3.05) is 12.4 Å². The molecule has 0 radical (unpaired) electrons. The van der Waals surface area contributed by atoms with Crippen LogP contribution in [0.5, 0.6) is 0 Å². The van der Waals surface area contributed by atoms with Crippen LogP contribution < -0.4 is 5.32 Å². The van der Waals surface area contributed by atoms with Gasteiger partial charge in [0.1, 0.15) is 11.7 Å². The lowest BCUT2D eigenvalue weighted by Crippen LogP contribution is -2.39. The molecule has 0 aliphatic heterocycles. The van der Waals surface area contributed by atoms with Crippen molar-refractivity contribution in [3.05, 3.63) is 89.5 Å². The van der Waals surface area contributed by atoms with E-state index in [0.29, 0.717) is 5.56 Å². The maximum absolute atomic E-state index is 13.3. The molecule has 0 unspecified atom stereocenters. The average molecular weight is 374 g/mol. The molecule has 6 nitrogen and oxygen atoms in total. The number of nitrogens with one attached hydrogen (secondary N) is 1. The normalized spacial score (nSPS) is 11.5. The molecule has 1 N–H and O–H groups in total. The van der Waals surface area contributed by atoms with Gasteiger partial charge in [0.2, 0.25) is 0 Å². The van der Waals surface area contributed by atoms with E-state index in [9.17, 15) is 9.59 Å². The minimum atomic E-state index is -0.810. The van der Waals surface area contributed by atoms with E-state index in [-0.39, 0.29) is 17.5 Å². The summed E-state index contributed by atoms with van der Waals surface area (Å²) in [6, 6.07) is 14.2. The molecule has 0 saturated carbocycles. The SMILES string of the molecule is Cc1cccc(C)c1NC(=O)[C@@H](c1ccccc1)N(C)C(=O)c1cnccn1. The van der Waals surface area contributed by atoms with Crippen LogP contribution in [0.2, 0.25) is 0 Å². The van der Waals surface area contributed by atoms with Crippen molar-refractivity contribution >= 4 is 17.5 Å². The molecule has 0 fully saturated rings. The van der Waals surface area contributed by atoms with E-state index in [0.717, 1.165) is 16.8 Å². The number of hydrogen-bond acceptors (Lipinski definition) is 4. The number of carbonyl (C=O) groups excluding carboxylic acids is 2. The highest BCUT2D eigenvalue weighted by molar-refractivity contribution is 6.01. The number of benzene rings is 2. The number of hydrogen-bond donors (Lipinski definition) is 1. The average Bonchev–Trinajstić information content (AvgIpc) is 2.72. The third kappa shape index (κ3) is 4.06. The molecule has 0 saturated heterocycles. The second-order valence-electron chi connectivity index (χ2n) is 6.58. The van der Waals surface area contributed by atoms with Crippen LogP contribution in [0.4, 0.5) is 5.69 Å². The summed E-state index contributed by atoms with van der Waals surface area (Å²) in [7, 11) is 1.60. The number of carbonyl (C=O) groups is 2. The zero-order valence-corrected chi connectivity index (χ0v) is 16.1. The lowest BCUT2D eigenvalue weighted by molar-refractivity contribution is -0.120. The van der Waals surface area contributed by atoms with Gasteiger partial charge in [-0.15, -0.1) is 0 Å². The maximum Gasteiger partial charge on any atom is 0.274 e. The minimum Gasteiger partial charge on any atom is -0.324 e. The van der Waals surface area contributed by atoms with E-state index >= 15 is 0 Å². The monoisotopic (exact) mass is 374 g/mol. The van der Waals surface area contributed by atoms with E-state index < -0.39 is 6.04 Å². The first-order valence-electron chi connectivity index (χ1n) is 8.94. The highest BCUT2D eigenvalue weighted by Gasteiger charge is 2.30. The smallest absolute Gasteiger partial charge is 0.274 e. The predicted octanol–water partition coefficient (Wildman–Crippen LogP) is 3.55. The highest BCUT2D eigenvalue weighted by Crippen LogP contribution is 2.26. The molecule has 0 aliphatic carbocycles. The summed E-state index contributed by atoms with van der Waals surface area (Å²) in [6.07, 6.45) is 4.35. The lowest BCUT2D eigenvalue weighted by atomic mass is 10.0. The molecule has 3 rings (SSSR count). The van der Waals surface area contributed by atoms with E-state index in [1.165, 1.54) is 23.5 Å². The van der Waals surface area contributed by atoms with Gasteiger partial charge in [0.05, 0.1) is 6.20 Å². The van der Waals surface area contributed by atoms with Gasteiger partial charge in [0.25, 0.3) is 11.8 Å². The topological polar surface area (TPSA) is 75.2 Å². The number of para-hydroxylation sites is 1. The summed E-state index contributed by atoms with van der Waals surface area (Å²) < 4.78 is 0. The fourth-order valence-corrected chi connectivity index (χ4v) is 3.10. The van der Waals surface area contributed by atoms with Crippen LogP contribution in [0.15, 0.2) is 67.1 Å². The molecule has 1 aromatic heterocycles. The summed E-state index contributed by atoms with van der Waals surface area (Å²) in [5, 5.41) is 3.00. The summed E-state index contributed by atoms with van der Waals surface area (Å²) >= 11 is 0. The van der Waals surface area contributed by atoms with Gasteiger partial charge in [-0.3, -0.25) is 14.6 Å². The third-order valence-corrected chi connectivity index (χ3v) is 4.58. The first-order chi connectivity index (χ1) is 13.5. The van der Waals surface area contributed by atoms with Gasteiger partial charge in [0.15, 0.2) is 0 Å². The largest absolute Gasteiger partial charge is 0.324 e. The van der Waals surface area contributed by atoms with Crippen LogP contribution in [0.1, 0.15) is 33.2 Å². The fourth-order valence-electron chi connectivity index (χ4n) is 3.10. The lowest BCUT2D eigenvalue weighted by Gasteiger charge is -2.28. The highest BCUT2D eigenvalue weighted by atomic mass is 16.2. The number of aryl methyl sites for hydroxylation is 2.